The number of rotatable bonds is 6. The fourth-order valence-corrected chi connectivity index (χ4v) is 2.01. The minimum atomic E-state index is 0.194. The summed E-state index contributed by atoms with van der Waals surface area (Å²) in [5.74, 6) is 2.64. The Morgan fingerprint density at radius 3 is 2.48 bits per heavy atom. The van der Waals surface area contributed by atoms with Crippen molar-refractivity contribution in [3.63, 3.8) is 0 Å². The van der Waals surface area contributed by atoms with E-state index in [9.17, 15) is 0 Å². The van der Waals surface area contributed by atoms with Crippen molar-refractivity contribution in [2.45, 2.75) is 39.0 Å². The third-order valence-corrected chi connectivity index (χ3v) is 3.47. The van der Waals surface area contributed by atoms with Crippen LogP contribution in [0, 0.1) is 12.3 Å². The van der Waals surface area contributed by atoms with Crippen molar-refractivity contribution in [1.82, 2.24) is 5.32 Å². The van der Waals surface area contributed by atoms with Crippen molar-refractivity contribution >= 4 is 17.6 Å². The predicted molar refractivity (Wildman–Crippen MR) is 96.0 cm³/mol. The highest BCUT2D eigenvalue weighted by atomic mass is 32.2. The van der Waals surface area contributed by atoms with E-state index in [4.69, 9.17) is 6.42 Å². The number of allylic oxidation sites excluding steroid dienone is 4. The molecule has 112 valence electrons. The summed E-state index contributed by atoms with van der Waals surface area (Å²) in [6.07, 6.45) is 11.2. The fraction of sp³-hybridized carbons (Fsp3) is 0.333. The SMILES string of the molecule is C#C/C(=C\C=C/C)NCc1ccc(NSC(C)(C)C)cc1. The molecule has 0 atom stereocenters. The summed E-state index contributed by atoms with van der Waals surface area (Å²) < 4.78 is 3.55. The van der Waals surface area contributed by atoms with E-state index in [1.807, 2.05) is 25.2 Å². The maximum atomic E-state index is 5.45. The summed E-state index contributed by atoms with van der Waals surface area (Å²) in [5.41, 5.74) is 3.10. The van der Waals surface area contributed by atoms with Crippen LogP contribution < -0.4 is 10.0 Å². The van der Waals surface area contributed by atoms with Crippen molar-refractivity contribution in [3.05, 3.63) is 53.8 Å². The average Bonchev–Trinajstić information content (AvgIpc) is 2.46. The van der Waals surface area contributed by atoms with Crippen LogP contribution in [0.3, 0.4) is 0 Å². The molecule has 0 unspecified atom stereocenters. The Morgan fingerprint density at radius 2 is 1.95 bits per heavy atom. The molecule has 1 rings (SSSR count). The molecule has 2 nitrogen and oxygen atoms in total. The molecule has 0 radical (unpaired) electrons. The summed E-state index contributed by atoms with van der Waals surface area (Å²) in [6.45, 7) is 9.23. The molecular weight excluding hydrogens is 276 g/mol. The molecule has 0 fully saturated rings. The molecule has 3 heteroatoms. The highest BCUT2D eigenvalue weighted by molar-refractivity contribution is 8.01. The molecule has 0 aromatic heterocycles. The Hall–Kier alpha value is -1.79. The van der Waals surface area contributed by atoms with Crippen LogP contribution in [0.2, 0.25) is 0 Å². The van der Waals surface area contributed by atoms with Gasteiger partial charge in [-0.25, -0.2) is 0 Å². The van der Waals surface area contributed by atoms with Crippen LogP contribution in [0.1, 0.15) is 33.3 Å². The van der Waals surface area contributed by atoms with E-state index in [2.05, 4.69) is 61.0 Å². The van der Waals surface area contributed by atoms with Gasteiger partial charge in [0.2, 0.25) is 0 Å². The predicted octanol–water partition coefficient (Wildman–Crippen LogP) is 4.73. The van der Waals surface area contributed by atoms with Gasteiger partial charge < -0.3 is 10.0 Å². The van der Waals surface area contributed by atoms with Gasteiger partial charge in [-0.3, -0.25) is 0 Å². The van der Waals surface area contributed by atoms with Gasteiger partial charge in [-0.2, -0.15) is 0 Å². The van der Waals surface area contributed by atoms with E-state index in [0.717, 1.165) is 17.9 Å². The maximum absolute atomic E-state index is 5.45. The van der Waals surface area contributed by atoms with Crippen molar-refractivity contribution in [1.29, 1.82) is 0 Å². The number of anilines is 1. The standard InChI is InChI=1S/C18H24N2S/c1-6-8-9-16(7-2)19-14-15-10-12-17(13-11-15)20-21-18(3,4)5/h2,6,8-13,19-20H,14H2,1,3-5H3/b8-6-,16-9+. The molecule has 0 saturated carbocycles. The molecule has 2 N–H and O–H groups in total. The minimum Gasteiger partial charge on any atom is -0.374 e. The van der Waals surface area contributed by atoms with E-state index < -0.39 is 0 Å². The second-order valence-electron chi connectivity index (χ2n) is 5.62. The quantitative estimate of drug-likeness (QED) is 0.451. The van der Waals surface area contributed by atoms with Gasteiger partial charge in [0.05, 0.1) is 5.70 Å². The van der Waals surface area contributed by atoms with Crippen molar-refractivity contribution < 1.29 is 0 Å². The lowest BCUT2D eigenvalue weighted by Gasteiger charge is -2.18. The van der Waals surface area contributed by atoms with Crippen molar-refractivity contribution in [2.24, 2.45) is 0 Å². The maximum Gasteiger partial charge on any atom is 0.0853 e. The Balaban J connectivity index is 2.53. The molecule has 0 aliphatic rings. The van der Waals surface area contributed by atoms with Gasteiger partial charge in [-0.15, -0.1) is 6.42 Å². The molecule has 0 aliphatic heterocycles. The number of benzene rings is 1. The lowest BCUT2D eigenvalue weighted by atomic mass is 10.2. The van der Waals surface area contributed by atoms with Gasteiger partial charge >= 0.3 is 0 Å². The third kappa shape index (κ3) is 7.53. The number of terminal acetylenes is 1. The molecule has 0 amide bonds. The fourth-order valence-electron chi connectivity index (χ4n) is 1.45. The first-order chi connectivity index (χ1) is 9.94. The Bertz CT molecular complexity index is 528. The van der Waals surface area contributed by atoms with Crippen LogP contribution in [-0.4, -0.2) is 4.75 Å². The van der Waals surface area contributed by atoms with Gasteiger partial charge in [0.15, 0.2) is 0 Å². The van der Waals surface area contributed by atoms with E-state index in [0.29, 0.717) is 0 Å². The second-order valence-corrected chi connectivity index (χ2v) is 7.25. The van der Waals surface area contributed by atoms with Gasteiger partial charge in [0, 0.05) is 17.0 Å². The summed E-state index contributed by atoms with van der Waals surface area (Å²) in [5, 5.41) is 3.24. The topological polar surface area (TPSA) is 24.1 Å². The van der Waals surface area contributed by atoms with Gasteiger partial charge in [0.1, 0.15) is 0 Å². The second kappa shape index (κ2) is 8.49. The molecule has 0 bridgehead atoms. The molecular formula is C18H24N2S. The van der Waals surface area contributed by atoms with Crippen molar-refractivity contribution in [3.8, 4) is 12.3 Å². The van der Waals surface area contributed by atoms with Gasteiger partial charge in [-0.1, -0.05) is 30.2 Å². The van der Waals surface area contributed by atoms with E-state index >= 15 is 0 Å². The third-order valence-electron chi connectivity index (χ3n) is 2.52. The Kier molecular flexibility index (Phi) is 6.98. The van der Waals surface area contributed by atoms with E-state index in [-0.39, 0.29) is 4.75 Å². The highest BCUT2D eigenvalue weighted by Crippen LogP contribution is 2.25. The molecule has 1 aromatic carbocycles. The van der Waals surface area contributed by atoms with Crippen LogP contribution in [0.15, 0.2) is 48.2 Å². The number of hydrogen-bond donors (Lipinski definition) is 2. The first-order valence-corrected chi connectivity index (χ1v) is 7.82. The molecule has 0 saturated heterocycles. The number of nitrogens with one attached hydrogen (secondary N) is 2. The largest absolute Gasteiger partial charge is 0.374 e. The normalized spacial score (nSPS) is 12.2. The summed E-state index contributed by atoms with van der Waals surface area (Å²) >= 11 is 1.71. The molecule has 21 heavy (non-hydrogen) atoms. The smallest absolute Gasteiger partial charge is 0.0853 e. The van der Waals surface area contributed by atoms with Gasteiger partial charge in [0.25, 0.3) is 0 Å². The molecule has 1 aromatic rings. The minimum absolute atomic E-state index is 0.194. The van der Waals surface area contributed by atoms with Crippen LogP contribution in [0.25, 0.3) is 0 Å². The van der Waals surface area contributed by atoms with Crippen molar-refractivity contribution in [2.75, 3.05) is 4.72 Å². The summed E-state index contributed by atoms with van der Waals surface area (Å²) in [7, 11) is 0. The molecule has 0 spiro atoms. The first kappa shape index (κ1) is 17.3. The molecule has 0 aliphatic carbocycles. The highest BCUT2D eigenvalue weighted by Gasteiger charge is 2.10. The van der Waals surface area contributed by atoms with Gasteiger partial charge in [-0.05, 0) is 63.4 Å². The Labute approximate surface area is 133 Å². The monoisotopic (exact) mass is 300 g/mol. The Morgan fingerprint density at radius 1 is 1.29 bits per heavy atom. The van der Waals surface area contributed by atoms with E-state index in [1.165, 1.54) is 5.56 Å². The zero-order chi connectivity index (χ0) is 15.7. The van der Waals surface area contributed by atoms with E-state index in [1.54, 1.807) is 11.9 Å². The summed E-state index contributed by atoms with van der Waals surface area (Å²) in [4.78, 5) is 0. The summed E-state index contributed by atoms with van der Waals surface area (Å²) in [6, 6.07) is 8.37. The first-order valence-electron chi connectivity index (χ1n) is 7.01. The van der Waals surface area contributed by atoms with Crippen LogP contribution in [-0.2, 0) is 6.54 Å². The lowest BCUT2D eigenvalue weighted by molar-refractivity contribution is 0.806. The number of hydrogen-bond acceptors (Lipinski definition) is 3. The van der Waals surface area contributed by atoms with Crippen LogP contribution in [0.5, 0.6) is 0 Å². The van der Waals surface area contributed by atoms with Crippen LogP contribution >= 0.6 is 11.9 Å². The zero-order valence-electron chi connectivity index (χ0n) is 13.2. The van der Waals surface area contributed by atoms with Crippen LogP contribution in [0.4, 0.5) is 5.69 Å². The zero-order valence-corrected chi connectivity index (χ0v) is 14.1. The molecule has 0 heterocycles. The average molecular weight is 300 g/mol. The lowest BCUT2D eigenvalue weighted by Crippen LogP contribution is -2.12.